The zero-order valence-electron chi connectivity index (χ0n) is 12.6. The predicted molar refractivity (Wildman–Crippen MR) is 85.3 cm³/mol. The molecule has 2 aromatic heterocycles. The van der Waals surface area contributed by atoms with Gasteiger partial charge in [0.25, 0.3) is 5.91 Å². The summed E-state index contributed by atoms with van der Waals surface area (Å²) in [5.41, 5.74) is 10.0. The van der Waals surface area contributed by atoms with Gasteiger partial charge in [-0.1, -0.05) is 13.3 Å². The van der Waals surface area contributed by atoms with Gasteiger partial charge in [0.05, 0.1) is 17.7 Å². The fourth-order valence-corrected chi connectivity index (χ4v) is 2.93. The van der Waals surface area contributed by atoms with Gasteiger partial charge < -0.3 is 10.6 Å². The van der Waals surface area contributed by atoms with Gasteiger partial charge in [-0.15, -0.1) is 11.3 Å². The van der Waals surface area contributed by atoms with E-state index in [0.29, 0.717) is 17.9 Å². The van der Waals surface area contributed by atoms with Crippen LogP contribution in [-0.4, -0.2) is 27.8 Å². The van der Waals surface area contributed by atoms with Gasteiger partial charge in [0, 0.05) is 23.2 Å². The summed E-state index contributed by atoms with van der Waals surface area (Å²) in [6.07, 6.45) is 1.79. The lowest BCUT2D eigenvalue weighted by molar-refractivity contribution is 0.0786. The van der Waals surface area contributed by atoms with Crippen LogP contribution in [0.1, 0.15) is 40.0 Å². The molecule has 0 saturated carbocycles. The van der Waals surface area contributed by atoms with Crippen molar-refractivity contribution in [2.24, 2.45) is 0 Å². The van der Waals surface area contributed by atoms with Crippen LogP contribution in [0, 0.1) is 6.92 Å². The standard InChI is InChI=1S/C15H20N4OS/c1-4-5-12-6-11(7-14(16)18-12)15(20)19(3)8-13-10(2)17-9-21-13/h6-7,9H,4-5,8H2,1-3H3,(H2,16,18). The van der Waals surface area contributed by atoms with E-state index in [2.05, 4.69) is 16.9 Å². The van der Waals surface area contributed by atoms with Crippen LogP contribution in [-0.2, 0) is 13.0 Å². The smallest absolute Gasteiger partial charge is 0.254 e. The normalized spacial score (nSPS) is 10.6. The molecule has 0 bridgehead atoms. The Morgan fingerprint density at radius 3 is 2.81 bits per heavy atom. The number of thiazole rings is 1. The van der Waals surface area contributed by atoms with Crippen molar-refractivity contribution in [3.05, 3.63) is 39.5 Å². The number of hydrogen-bond donors (Lipinski definition) is 1. The molecule has 0 aliphatic rings. The van der Waals surface area contributed by atoms with E-state index in [4.69, 9.17) is 5.73 Å². The highest BCUT2D eigenvalue weighted by molar-refractivity contribution is 7.09. The fourth-order valence-electron chi connectivity index (χ4n) is 2.10. The molecule has 2 heterocycles. The summed E-state index contributed by atoms with van der Waals surface area (Å²) in [6, 6.07) is 3.47. The number of nitrogens with zero attached hydrogens (tertiary/aromatic N) is 3. The Balaban J connectivity index is 2.17. The number of anilines is 1. The summed E-state index contributed by atoms with van der Waals surface area (Å²) in [6.45, 7) is 4.58. The van der Waals surface area contributed by atoms with Crippen LogP contribution in [0.3, 0.4) is 0 Å². The van der Waals surface area contributed by atoms with Crippen LogP contribution in [0.4, 0.5) is 5.82 Å². The lowest BCUT2D eigenvalue weighted by Crippen LogP contribution is -2.26. The first-order chi connectivity index (χ1) is 10.0. The second-order valence-corrected chi connectivity index (χ2v) is 5.98. The second kappa shape index (κ2) is 6.67. The van der Waals surface area contributed by atoms with E-state index in [1.54, 1.807) is 34.9 Å². The van der Waals surface area contributed by atoms with E-state index in [1.807, 2.05) is 13.0 Å². The first kappa shape index (κ1) is 15.4. The van der Waals surface area contributed by atoms with Crippen molar-refractivity contribution in [1.29, 1.82) is 0 Å². The maximum Gasteiger partial charge on any atom is 0.254 e. The first-order valence-corrected chi connectivity index (χ1v) is 7.80. The molecule has 1 amide bonds. The van der Waals surface area contributed by atoms with E-state index in [1.165, 1.54) is 0 Å². The number of nitrogen functional groups attached to an aromatic ring is 1. The highest BCUT2D eigenvalue weighted by Gasteiger charge is 2.15. The number of aromatic nitrogens is 2. The van der Waals surface area contributed by atoms with Crippen LogP contribution < -0.4 is 5.73 Å². The molecule has 0 saturated heterocycles. The number of hydrogen-bond acceptors (Lipinski definition) is 5. The summed E-state index contributed by atoms with van der Waals surface area (Å²) < 4.78 is 0. The minimum Gasteiger partial charge on any atom is -0.384 e. The maximum atomic E-state index is 12.5. The molecule has 0 fully saturated rings. The topological polar surface area (TPSA) is 72.1 Å². The molecule has 6 heteroatoms. The third kappa shape index (κ3) is 3.78. The van der Waals surface area contributed by atoms with Crippen molar-refractivity contribution in [3.8, 4) is 0 Å². The third-order valence-electron chi connectivity index (χ3n) is 3.22. The van der Waals surface area contributed by atoms with Gasteiger partial charge in [-0.2, -0.15) is 0 Å². The Kier molecular flexibility index (Phi) is 4.90. The molecule has 0 atom stereocenters. The molecule has 0 aliphatic heterocycles. The summed E-state index contributed by atoms with van der Waals surface area (Å²) >= 11 is 1.56. The van der Waals surface area contributed by atoms with Crippen molar-refractivity contribution in [2.75, 3.05) is 12.8 Å². The van der Waals surface area contributed by atoms with Gasteiger partial charge in [-0.25, -0.2) is 9.97 Å². The molecular formula is C15H20N4OS. The molecule has 21 heavy (non-hydrogen) atoms. The summed E-state index contributed by atoms with van der Waals surface area (Å²) in [5, 5.41) is 0. The molecule has 5 nitrogen and oxygen atoms in total. The summed E-state index contributed by atoms with van der Waals surface area (Å²) in [7, 11) is 1.79. The van der Waals surface area contributed by atoms with Gasteiger partial charge in [0.2, 0.25) is 0 Å². The number of pyridine rings is 1. The SMILES string of the molecule is CCCc1cc(C(=O)N(C)Cc2scnc2C)cc(N)n1. The van der Waals surface area contributed by atoms with Crippen LogP contribution in [0.5, 0.6) is 0 Å². The lowest BCUT2D eigenvalue weighted by atomic mass is 10.1. The number of aryl methyl sites for hydroxylation is 2. The Hall–Kier alpha value is -1.95. The third-order valence-corrected chi connectivity index (χ3v) is 4.14. The maximum absolute atomic E-state index is 12.5. The highest BCUT2D eigenvalue weighted by atomic mass is 32.1. The average Bonchev–Trinajstić information content (AvgIpc) is 2.83. The van der Waals surface area contributed by atoms with E-state index in [0.717, 1.165) is 29.1 Å². The predicted octanol–water partition coefficient (Wildman–Crippen LogP) is 2.65. The van der Waals surface area contributed by atoms with Gasteiger partial charge in [0.1, 0.15) is 5.82 Å². The Bertz CT molecular complexity index is 638. The zero-order valence-corrected chi connectivity index (χ0v) is 13.4. The largest absolute Gasteiger partial charge is 0.384 e. The fraction of sp³-hybridized carbons (Fsp3) is 0.400. The Labute approximate surface area is 128 Å². The molecule has 2 N–H and O–H groups in total. The number of nitrogens with two attached hydrogens (primary N) is 1. The van der Waals surface area contributed by atoms with Crippen molar-refractivity contribution >= 4 is 23.1 Å². The molecule has 0 aromatic carbocycles. The van der Waals surface area contributed by atoms with Crippen LogP contribution in [0.15, 0.2) is 17.6 Å². The summed E-state index contributed by atoms with van der Waals surface area (Å²) in [4.78, 5) is 23.8. The van der Waals surface area contributed by atoms with Gasteiger partial charge >= 0.3 is 0 Å². The van der Waals surface area contributed by atoms with Crippen molar-refractivity contribution in [3.63, 3.8) is 0 Å². The van der Waals surface area contributed by atoms with E-state index in [9.17, 15) is 4.79 Å². The molecule has 2 rings (SSSR count). The Morgan fingerprint density at radius 1 is 1.43 bits per heavy atom. The van der Waals surface area contributed by atoms with Crippen molar-refractivity contribution in [2.45, 2.75) is 33.2 Å². The van der Waals surface area contributed by atoms with Gasteiger partial charge in [-0.05, 0) is 25.5 Å². The van der Waals surface area contributed by atoms with Crippen LogP contribution >= 0.6 is 11.3 Å². The van der Waals surface area contributed by atoms with E-state index in [-0.39, 0.29) is 5.91 Å². The van der Waals surface area contributed by atoms with Crippen LogP contribution in [0.2, 0.25) is 0 Å². The number of carbonyl (C=O) groups excluding carboxylic acids is 1. The minimum atomic E-state index is -0.0470. The molecule has 0 spiro atoms. The average molecular weight is 304 g/mol. The number of amides is 1. The molecule has 2 aromatic rings. The Morgan fingerprint density at radius 2 is 2.19 bits per heavy atom. The molecule has 0 unspecified atom stereocenters. The zero-order chi connectivity index (χ0) is 15.4. The molecule has 0 radical (unpaired) electrons. The monoisotopic (exact) mass is 304 g/mol. The van der Waals surface area contributed by atoms with Crippen molar-refractivity contribution in [1.82, 2.24) is 14.9 Å². The minimum absolute atomic E-state index is 0.0470. The van der Waals surface area contributed by atoms with Gasteiger partial charge in [-0.3, -0.25) is 4.79 Å². The molecule has 0 aliphatic carbocycles. The quantitative estimate of drug-likeness (QED) is 0.921. The van der Waals surface area contributed by atoms with E-state index < -0.39 is 0 Å². The number of carbonyl (C=O) groups is 1. The molecule has 112 valence electrons. The number of rotatable bonds is 5. The van der Waals surface area contributed by atoms with Crippen LogP contribution in [0.25, 0.3) is 0 Å². The second-order valence-electron chi connectivity index (χ2n) is 5.04. The van der Waals surface area contributed by atoms with Crippen molar-refractivity contribution < 1.29 is 4.79 Å². The lowest BCUT2D eigenvalue weighted by Gasteiger charge is -2.17. The summed E-state index contributed by atoms with van der Waals surface area (Å²) in [5.74, 6) is 0.348. The molecular weight excluding hydrogens is 284 g/mol. The highest BCUT2D eigenvalue weighted by Crippen LogP contribution is 2.17. The van der Waals surface area contributed by atoms with Gasteiger partial charge in [0.15, 0.2) is 0 Å². The van der Waals surface area contributed by atoms with E-state index >= 15 is 0 Å². The first-order valence-electron chi connectivity index (χ1n) is 6.92.